The minimum atomic E-state index is -0.761. The van der Waals surface area contributed by atoms with Gasteiger partial charge in [-0.05, 0) is 49.4 Å². The van der Waals surface area contributed by atoms with Crippen molar-refractivity contribution in [2.75, 3.05) is 6.54 Å². The van der Waals surface area contributed by atoms with Crippen molar-refractivity contribution >= 4 is 0 Å². The van der Waals surface area contributed by atoms with Gasteiger partial charge in [0.05, 0.1) is 0 Å². The second-order valence-electron chi connectivity index (χ2n) is 5.99. The first-order valence-electron chi connectivity index (χ1n) is 7.86. The Kier molecular flexibility index (Phi) is 5.96. The van der Waals surface area contributed by atoms with Gasteiger partial charge in [-0.3, -0.25) is 0 Å². The van der Waals surface area contributed by atoms with E-state index in [9.17, 15) is 8.78 Å². The van der Waals surface area contributed by atoms with Gasteiger partial charge in [-0.2, -0.15) is 0 Å². The molecule has 0 spiro atoms. The number of hydrogen-bond acceptors (Lipinski definition) is 1. The molecule has 1 fully saturated rings. The Labute approximate surface area is 120 Å². The van der Waals surface area contributed by atoms with E-state index in [4.69, 9.17) is 0 Å². The normalized spacial score (nSPS) is 17.6. The molecule has 1 aliphatic rings. The second kappa shape index (κ2) is 7.72. The van der Waals surface area contributed by atoms with Crippen molar-refractivity contribution in [3.05, 3.63) is 35.4 Å². The number of benzene rings is 1. The molecule has 0 radical (unpaired) electrons. The Morgan fingerprint density at radius 3 is 2.60 bits per heavy atom. The highest BCUT2D eigenvalue weighted by Crippen LogP contribution is 2.29. The van der Waals surface area contributed by atoms with Crippen molar-refractivity contribution in [3.63, 3.8) is 0 Å². The number of rotatable bonds is 7. The molecule has 0 bridgehead atoms. The van der Waals surface area contributed by atoms with E-state index in [1.54, 1.807) is 6.07 Å². The third-order valence-electron chi connectivity index (χ3n) is 4.24. The highest BCUT2D eigenvalue weighted by atomic mass is 19.2. The van der Waals surface area contributed by atoms with Gasteiger partial charge in [0.15, 0.2) is 11.6 Å². The Hall–Kier alpha value is -0.960. The molecule has 3 heteroatoms. The van der Waals surface area contributed by atoms with Crippen molar-refractivity contribution in [1.29, 1.82) is 0 Å². The molecule has 20 heavy (non-hydrogen) atoms. The van der Waals surface area contributed by atoms with Crippen LogP contribution in [-0.2, 0) is 6.42 Å². The Balaban J connectivity index is 1.95. The predicted octanol–water partition coefficient (Wildman–Crippen LogP) is 4.46. The average Bonchev–Trinajstić information content (AvgIpc) is 2.93. The molecule has 0 aromatic heterocycles. The summed E-state index contributed by atoms with van der Waals surface area (Å²) >= 11 is 0. The molecular formula is C17H25F2N. The van der Waals surface area contributed by atoms with Crippen molar-refractivity contribution in [2.24, 2.45) is 5.92 Å². The summed E-state index contributed by atoms with van der Waals surface area (Å²) in [4.78, 5) is 0. The van der Waals surface area contributed by atoms with Gasteiger partial charge in [-0.25, -0.2) is 8.78 Å². The predicted molar refractivity (Wildman–Crippen MR) is 78.7 cm³/mol. The number of hydrogen-bond donors (Lipinski definition) is 1. The van der Waals surface area contributed by atoms with Crippen LogP contribution in [0.1, 0.15) is 51.0 Å². The van der Waals surface area contributed by atoms with Gasteiger partial charge < -0.3 is 5.32 Å². The van der Waals surface area contributed by atoms with Crippen LogP contribution < -0.4 is 5.32 Å². The van der Waals surface area contributed by atoms with E-state index in [1.807, 2.05) is 0 Å². The fraction of sp³-hybridized carbons (Fsp3) is 0.647. The largest absolute Gasteiger partial charge is 0.314 e. The average molecular weight is 281 g/mol. The summed E-state index contributed by atoms with van der Waals surface area (Å²) in [5.41, 5.74) is 0.885. The molecule has 0 amide bonds. The summed E-state index contributed by atoms with van der Waals surface area (Å²) in [5, 5.41) is 3.56. The minimum absolute atomic E-state index is 0.378. The SMILES string of the molecule is CCCNC(Cc1ccc(F)c(F)c1)CC1CCCC1. The molecule has 0 aliphatic heterocycles. The van der Waals surface area contributed by atoms with Crippen LogP contribution >= 0.6 is 0 Å². The van der Waals surface area contributed by atoms with Gasteiger partial charge >= 0.3 is 0 Å². The molecule has 0 saturated heterocycles. The topological polar surface area (TPSA) is 12.0 Å². The van der Waals surface area contributed by atoms with Gasteiger partial charge in [0.2, 0.25) is 0 Å². The van der Waals surface area contributed by atoms with Crippen LogP contribution in [0.15, 0.2) is 18.2 Å². The molecule has 1 aromatic carbocycles. The Morgan fingerprint density at radius 2 is 1.95 bits per heavy atom. The van der Waals surface area contributed by atoms with Crippen molar-refractivity contribution in [3.8, 4) is 0 Å². The zero-order chi connectivity index (χ0) is 14.4. The number of halogens is 2. The molecule has 1 atom stereocenters. The summed E-state index contributed by atoms with van der Waals surface area (Å²) in [6, 6.07) is 4.65. The third-order valence-corrected chi connectivity index (χ3v) is 4.24. The highest BCUT2D eigenvalue weighted by molar-refractivity contribution is 5.18. The standard InChI is InChI=1S/C17H25F2N/c1-2-9-20-15(10-13-5-3-4-6-13)11-14-7-8-16(18)17(19)12-14/h7-8,12-13,15,20H,2-6,9-11H2,1H3. The van der Waals surface area contributed by atoms with Gasteiger partial charge in [0, 0.05) is 6.04 Å². The lowest BCUT2D eigenvalue weighted by molar-refractivity contribution is 0.384. The number of nitrogens with one attached hydrogen (secondary N) is 1. The van der Waals surface area contributed by atoms with Crippen LogP contribution in [0.3, 0.4) is 0 Å². The van der Waals surface area contributed by atoms with Gasteiger partial charge in [-0.1, -0.05) is 38.7 Å². The van der Waals surface area contributed by atoms with Crippen LogP contribution in [0.4, 0.5) is 8.78 Å². The molecule has 112 valence electrons. The molecule has 1 aliphatic carbocycles. The third kappa shape index (κ3) is 4.55. The maximum absolute atomic E-state index is 13.3. The van der Waals surface area contributed by atoms with Crippen molar-refractivity contribution in [1.82, 2.24) is 5.32 Å². The van der Waals surface area contributed by atoms with Crippen LogP contribution in [0.25, 0.3) is 0 Å². The summed E-state index contributed by atoms with van der Waals surface area (Å²) in [6.45, 7) is 3.14. The van der Waals surface area contributed by atoms with Crippen molar-refractivity contribution < 1.29 is 8.78 Å². The van der Waals surface area contributed by atoms with Crippen molar-refractivity contribution in [2.45, 2.75) is 57.9 Å². The molecule has 0 heterocycles. The fourth-order valence-electron chi connectivity index (χ4n) is 3.19. The minimum Gasteiger partial charge on any atom is -0.314 e. The summed E-state index contributed by atoms with van der Waals surface area (Å²) in [7, 11) is 0. The fourth-order valence-corrected chi connectivity index (χ4v) is 3.19. The molecule has 1 unspecified atom stereocenters. The molecule has 1 aromatic rings. The monoisotopic (exact) mass is 281 g/mol. The maximum Gasteiger partial charge on any atom is 0.159 e. The maximum atomic E-state index is 13.3. The van der Waals surface area contributed by atoms with Crippen LogP contribution in [0, 0.1) is 17.6 Å². The first-order valence-corrected chi connectivity index (χ1v) is 7.86. The molecule has 2 rings (SSSR count). The lowest BCUT2D eigenvalue weighted by atomic mass is 9.94. The zero-order valence-electron chi connectivity index (χ0n) is 12.3. The van der Waals surface area contributed by atoms with E-state index in [0.29, 0.717) is 6.04 Å². The van der Waals surface area contributed by atoms with Gasteiger partial charge in [0.1, 0.15) is 0 Å². The highest BCUT2D eigenvalue weighted by Gasteiger charge is 2.20. The van der Waals surface area contributed by atoms with Gasteiger partial charge in [-0.15, -0.1) is 0 Å². The molecule has 1 saturated carbocycles. The Morgan fingerprint density at radius 1 is 1.20 bits per heavy atom. The van der Waals surface area contributed by atoms with E-state index >= 15 is 0 Å². The molecular weight excluding hydrogens is 256 g/mol. The molecule has 1 N–H and O–H groups in total. The van der Waals surface area contributed by atoms with Gasteiger partial charge in [0.25, 0.3) is 0 Å². The quantitative estimate of drug-likeness (QED) is 0.778. The first kappa shape index (κ1) is 15.4. The van der Waals surface area contributed by atoms with Crippen LogP contribution in [0.2, 0.25) is 0 Å². The summed E-state index contributed by atoms with van der Waals surface area (Å²) in [6.07, 6.45) is 8.36. The first-order chi connectivity index (χ1) is 9.69. The van der Waals surface area contributed by atoms with Crippen LogP contribution in [0.5, 0.6) is 0 Å². The van der Waals surface area contributed by atoms with Crippen LogP contribution in [-0.4, -0.2) is 12.6 Å². The van der Waals surface area contributed by atoms with E-state index in [-0.39, 0.29) is 0 Å². The molecule has 1 nitrogen and oxygen atoms in total. The zero-order valence-corrected chi connectivity index (χ0v) is 12.3. The smallest absolute Gasteiger partial charge is 0.159 e. The summed E-state index contributed by atoms with van der Waals surface area (Å²) < 4.78 is 26.3. The van der Waals surface area contributed by atoms with E-state index in [2.05, 4.69) is 12.2 Å². The Bertz CT molecular complexity index is 413. The van der Waals surface area contributed by atoms with E-state index in [1.165, 1.54) is 37.8 Å². The second-order valence-corrected chi connectivity index (χ2v) is 5.99. The summed E-state index contributed by atoms with van der Waals surface area (Å²) in [5.74, 6) is -0.699. The lowest BCUT2D eigenvalue weighted by Crippen LogP contribution is -2.33. The lowest BCUT2D eigenvalue weighted by Gasteiger charge is -2.22. The van der Waals surface area contributed by atoms with E-state index in [0.717, 1.165) is 37.3 Å². The van der Waals surface area contributed by atoms with E-state index < -0.39 is 11.6 Å².